The Balaban J connectivity index is 2.91. The van der Waals surface area contributed by atoms with Crippen molar-refractivity contribution in [2.75, 3.05) is 0 Å². The molecule has 0 aliphatic heterocycles. The van der Waals surface area contributed by atoms with Gasteiger partial charge in [0, 0.05) is 5.41 Å². The molecule has 1 rings (SSSR count). The van der Waals surface area contributed by atoms with E-state index in [0.29, 0.717) is 6.42 Å². The van der Waals surface area contributed by atoms with E-state index in [0.717, 1.165) is 5.41 Å². The molecule has 0 aromatic heterocycles. The maximum absolute atomic E-state index is 11.7. The molecule has 0 aliphatic rings. The normalized spacial score (nSPS) is 14.3. The average molecular weight is 226 g/mol. The van der Waals surface area contributed by atoms with Crippen molar-refractivity contribution in [3.8, 4) is 0 Å². The monoisotopic (exact) mass is 226 g/mol. The molecule has 0 aliphatic carbocycles. The molecule has 0 saturated carbocycles. The SMILES string of the molecule is CCC(O)/C=C\S(=O)(=O)c1ccccc1. The molecule has 0 bridgehead atoms. The summed E-state index contributed by atoms with van der Waals surface area (Å²) >= 11 is 0. The van der Waals surface area contributed by atoms with Crippen molar-refractivity contribution < 1.29 is 13.5 Å². The van der Waals surface area contributed by atoms with Gasteiger partial charge in [-0.05, 0) is 24.6 Å². The number of sulfone groups is 1. The van der Waals surface area contributed by atoms with Crippen molar-refractivity contribution in [2.45, 2.75) is 24.3 Å². The smallest absolute Gasteiger partial charge is 0.199 e. The maximum atomic E-state index is 11.7. The summed E-state index contributed by atoms with van der Waals surface area (Å²) in [5.41, 5.74) is 0. The fourth-order valence-corrected chi connectivity index (χ4v) is 2.10. The number of benzene rings is 1. The molecule has 4 heteroatoms. The highest BCUT2D eigenvalue weighted by Gasteiger charge is 2.09. The van der Waals surface area contributed by atoms with Gasteiger partial charge in [0.05, 0.1) is 11.0 Å². The topological polar surface area (TPSA) is 54.4 Å². The van der Waals surface area contributed by atoms with Crippen LogP contribution in [0, 0.1) is 0 Å². The molecular weight excluding hydrogens is 212 g/mol. The lowest BCUT2D eigenvalue weighted by molar-refractivity contribution is 0.219. The highest BCUT2D eigenvalue weighted by Crippen LogP contribution is 2.11. The highest BCUT2D eigenvalue weighted by atomic mass is 32.2. The molecule has 15 heavy (non-hydrogen) atoms. The molecule has 1 atom stereocenters. The van der Waals surface area contributed by atoms with Gasteiger partial charge in [-0.1, -0.05) is 25.1 Å². The predicted octanol–water partition coefficient (Wildman–Crippen LogP) is 1.74. The summed E-state index contributed by atoms with van der Waals surface area (Å²) in [6.07, 6.45) is 1.09. The Morgan fingerprint density at radius 1 is 1.33 bits per heavy atom. The van der Waals surface area contributed by atoms with E-state index in [-0.39, 0.29) is 4.90 Å². The second-order valence-electron chi connectivity index (χ2n) is 3.16. The molecule has 82 valence electrons. The first-order valence-corrected chi connectivity index (χ1v) is 6.27. The summed E-state index contributed by atoms with van der Waals surface area (Å²) < 4.78 is 23.3. The minimum atomic E-state index is -3.41. The fraction of sp³-hybridized carbons (Fsp3) is 0.273. The Labute approximate surface area is 90.0 Å². The van der Waals surface area contributed by atoms with E-state index in [2.05, 4.69) is 0 Å². The van der Waals surface area contributed by atoms with Crippen LogP contribution >= 0.6 is 0 Å². The van der Waals surface area contributed by atoms with Gasteiger partial charge in [-0.3, -0.25) is 0 Å². The van der Waals surface area contributed by atoms with Crippen LogP contribution < -0.4 is 0 Å². The molecule has 1 N–H and O–H groups in total. The molecule has 0 amide bonds. The van der Waals surface area contributed by atoms with Gasteiger partial charge in [0.1, 0.15) is 0 Å². The zero-order chi connectivity index (χ0) is 11.3. The Hall–Kier alpha value is -1.13. The Morgan fingerprint density at radius 2 is 1.93 bits per heavy atom. The van der Waals surface area contributed by atoms with E-state index >= 15 is 0 Å². The van der Waals surface area contributed by atoms with Crippen LogP contribution in [0.3, 0.4) is 0 Å². The molecule has 1 aromatic carbocycles. The lowest BCUT2D eigenvalue weighted by Gasteiger charge is -2.00. The third-order valence-electron chi connectivity index (χ3n) is 1.97. The van der Waals surface area contributed by atoms with Gasteiger partial charge < -0.3 is 5.11 Å². The van der Waals surface area contributed by atoms with Crippen LogP contribution in [0.25, 0.3) is 0 Å². The number of hydrogen-bond acceptors (Lipinski definition) is 3. The summed E-state index contributed by atoms with van der Waals surface area (Å²) in [4.78, 5) is 0.240. The van der Waals surface area contributed by atoms with Gasteiger partial charge in [0.2, 0.25) is 0 Å². The predicted molar refractivity (Wildman–Crippen MR) is 59.1 cm³/mol. The van der Waals surface area contributed by atoms with Crippen molar-refractivity contribution in [3.63, 3.8) is 0 Å². The number of hydrogen-bond donors (Lipinski definition) is 1. The highest BCUT2D eigenvalue weighted by molar-refractivity contribution is 7.94. The maximum Gasteiger partial charge on any atom is 0.199 e. The zero-order valence-corrected chi connectivity index (χ0v) is 9.31. The van der Waals surface area contributed by atoms with E-state index in [4.69, 9.17) is 0 Å². The molecule has 1 aromatic rings. The van der Waals surface area contributed by atoms with Crippen LogP contribution in [0.2, 0.25) is 0 Å². The first-order valence-electron chi connectivity index (χ1n) is 4.72. The Morgan fingerprint density at radius 3 is 2.47 bits per heavy atom. The Bertz CT molecular complexity index is 420. The molecule has 0 spiro atoms. The number of rotatable bonds is 4. The quantitative estimate of drug-likeness (QED) is 0.851. The Kier molecular flexibility index (Phi) is 4.05. The van der Waals surface area contributed by atoms with Crippen molar-refractivity contribution >= 4 is 9.84 Å². The fourth-order valence-electron chi connectivity index (χ4n) is 1.02. The zero-order valence-electron chi connectivity index (χ0n) is 8.50. The molecule has 0 radical (unpaired) electrons. The van der Waals surface area contributed by atoms with Gasteiger partial charge in [-0.15, -0.1) is 0 Å². The largest absolute Gasteiger partial charge is 0.389 e. The second-order valence-corrected chi connectivity index (χ2v) is 5.00. The van der Waals surface area contributed by atoms with Gasteiger partial charge in [0.25, 0.3) is 0 Å². The van der Waals surface area contributed by atoms with E-state index in [1.54, 1.807) is 25.1 Å². The number of aliphatic hydroxyl groups excluding tert-OH is 1. The van der Waals surface area contributed by atoms with Crippen molar-refractivity contribution in [2.24, 2.45) is 0 Å². The minimum absolute atomic E-state index is 0.240. The van der Waals surface area contributed by atoms with Crippen LogP contribution in [-0.4, -0.2) is 19.6 Å². The number of aliphatic hydroxyl groups is 1. The standard InChI is InChI=1S/C11H14O3S/c1-2-10(12)8-9-15(13,14)11-6-4-3-5-7-11/h3-10,12H,2H2,1H3/b9-8-. The lowest BCUT2D eigenvalue weighted by Crippen LogP contribution is -2.02. The van der Waals surface area contributed by atoms with Crippen LogP contribution in [0.4, 0.5) is 0 Å². The van der Waals surface area contributed by atoms with Crippen molar-refractivity contribution in [1.29, 1.82) is 0 Å². The van der Waals surface area contributed by atoms with E-state index in [9.17, 15) is 13.5 Å². The summed E-state index contributed by atoms with van der Waals surface area (Å²) in [7, 11) is -3.41. The van der Waals surface area contributed by atoms with Crippen molar-refractivity contribution in [1.82, 2.24) is 0 Å². The van der Waals surface area contributed by atoms with E-state index in [1.165, 1.54) is 18.2 Å². The van der Waals surface area contributed by atoms with Gasteiger partial charge in [0.15, 0.2) is 9.84 Å². The summed E-state index contributed by atoms with van der Waals surface area (Å²) in [6, 6.07) is 8.13. The summed E-state index contributed by atoms with van der Waals surface area (Å²) in [5, 5.41) is 10.3. The van der Waals surface area contributed by atoms with Gasteiger partial charge in [-0.2, -0.15) is 0 Å². The third kappa shape index (κ3) is 3.49. The summed E-state index contributed by atoms with van der Waals surface area (Å²) in [5.74, 6) is 0. The van der Waals surface area contributed by atoms with Gasteiger partial charge >= 0.3 is 0 Å². The van der Waals surface area contributed by atoms with Crippen molar-refractivity contribution in [3.05, 3.63) is 41.8 Å². The van der Waals surface area contributed by atoms with Crippen LogP contribution in [0.15, 0.2) is 46.7 Å². The van der Waals surface area contributed by atoms with E-state index < -0.39 is 15.9 Å². The van der Waals surface area contributed by atoms with E-state index in [1.807, 2.05) is 0 Å². The molecule has 0 heterocycles. The molecule has 0 fully saturated rings. The summed E-state index contributed by atoms with van der Waals surface area (Å²) in [6.45, 7) is 1.78. The molecule has 0 saturated heterocycles. The minimum Gasteiger partial charge on any atom is -0.389 e. The first kappa shape index (κ1) is 11.9. The van der Waals surface area contributed by atoms with Crippen LogP contribution in [0.1, 0.15) is 13.3 Å². The van der Waals surface area contributed by atoms with Crippen LogP contribution in [0.5, 0.6) is 0 Å². The third-order valence-corrected chi connectivity index (χ3v) is 3.41. The van der Waals surface area contributed by atoms with Crippen LogP contribution in [-0.2, 0) is 9.84 Å². The molecule has 1 unspecified atom stereocenters. The molecule has 3 nitrogen and oxygen atoms in total. The first-order chi connectivity index (χ1) is 7.06. The lowest BCUT2D eigenvalue weighted by atomic mass is 10.3. The second kappa shape index (κ2) is 5.09. The average Bonchev–Trinajstić information content (AvgIpc) is 2.27. The molecular formula is C11H14O3S. The van der Waals surface area contributed by atoms with Gasteiger partial charge in [-0.25, -0.2) is 8.42 Å².